The normalized spacial score (nSPS) is 19.2. The van der Waals surface area contributed by atoms with Crippen molar-refractivity contribution in [2.75, 3.05) is 5.32 Å². The second-order valence-electron chi connectivity index (χ2n) is 5.88. The van der Waals surface area contributed by atoms with Crippen molar-refractivity contribution >= 4 is 17.6 Å². The van der Waals surface area contributed by atoms with Crippen LogP contribution in [-0.4, -0.2) is 17.0 Å². The van der Waals surface area contributed by atoms with Crippen molar-refractivity contribution in [3.05, 3.63) is 60.2 Å². The fourth-order valence-corrected chi connectivity index (χ4v) is 2.78. The fraction of sp³-hybridized carbons (Fsp3) is 0.263. The Morgan fingerprint density at radius 3 is 2.33 bits per heavy atom. The molecular formula is C19H19NO4. The van der Waals surface area contributed by atoms with Crippen molar-refractivity contribution in [2.45, 2.75) is 19.4 Å². The molecule has 2 atom stereocenters. The number of aliphatic carboxylic acids is 1. The van der Waals surface area contributed by atoms with E-state index in [-0.39, 0.29) is 5.91 Å². The van der Waals surface area contributed by atoms with Crippen molar-refractivity contribution in [1.29, 1.82) is 0 Å². The Morgan fingerprint density at radius 1 is 1.00 bits per heavy atom. The van der Waals surface area contributed by atoms with Gasteiger partial charge in [0.2, 0.25) is 5.91 Å². The molecule has 0 saturated heterocycles. The number of carboxylic acids is 1. The molecule has 2 unspecified atom stereocenters. The molecule has 0 spiro atoms. The summed E-state index contributed by atoms with van der Waals surface area (Å²) in [7, 11) is 0. The first-order valence-corrected chi connectivity index (χ1v) is 7.94. The van der Waals surface area contributed by atoms with Crippen molar-refractivity contribution in [3.63, 3.8) is 0 Å². The lowest BCUT2D eigenvalue weighted by Crippen LogP contribution is -2.41. The van der Waals surface area contributed by atoms with E-state index in [9.17, 15) is 9.59 Å². The maximum Gasteiger partial charge on any atom is 0.307 e. The zero-order valence-corrected chi connectivity index (χ0v) is 13.1. The van der Waals surface area contributed by atoms with Gasteiger partial charge in [-0.2, -0.15) is 0 Å². The molecule has 0 aromatic heterocycles. The number of rotatable bonds is 6. The number of para-hydroxylation sites is 2. The number of carbonyl (C=O) groups is 2. The zero-order valence-electron chi connectivity index (χ0n) is 13.1. The van der Waals surface area contributed by atoms with Crippen LogP contribution in [0.3, 0.4) is 0 Å². The molecule has 2 N–H and O–H groups in total. The topological polar surface area (TPSA) is 75.6 Å². The molecule has 0 bridgehead atoms. The first-order valence-electron chi connectivity index (χ1n) is 7.94. The molecule has 2 aromatic carbocycles. The second-order valence-corrected chi connectivity index (χ2v) is 5.88. The maximum absolute atomic E-state index is 12.3. The highest BCUT2D eigenvalue weighted by Gasteiger charge is 2.41. The summed E-state index contributed by atoms with van der Waals surface area (Å²) in [5.74, 6) is -1.41. The SMILES string of the molecule is O=C(O)C1CCC1C(=O)Nc1ccccc1COc1ccccc1. The summed E-state index contributed by atoms with van der Waals surface area (Å²) in [5, 5.41) is 11.9. The summed E-state index contributed by atoms with van der Waals surface area (Å²) in [5.41, 5.74) is 1.51. The minimum absolute atomic E-state index is 0.235. The molecule has 1 aliphatic carbocycles. The summed E-state index contributed by atoms with van der Waals surface area (Å²) in [6, 6.07) is 16.8. The van der Waals surface area contributed by atoms with Crippen molar-refractivity contribution in [2.24, 2.45) is 11.8 Å². The predicted octanol–water partition coefficient (Wildman–Crippen LogP) is 3.31. The highest BCUT2D eigenvalue weighted by Crippen LogP contribution is 2.35. The van der Waals surface area contributed by atoms with Gasteiger partial charge in [0.05, 0.1) is 11.8 Å². The monoisotopic (exact) mass is 325 g/mol. The van der Waals surface area contributed by atoms with Gasteiger partial charge in [-0.25, -0.2) is 0 Å². The lowest BCUT2D eigenvalue weighted by atomic mass is 9.73. The molecule has 5 nitrogen and oxygen atoms in total. The Bertz CT molecular complexity index is 729. The van der Waals surface area contributed by atoms with Crippen LogP contribution in [0.25, 0.3) is 0 Å². The van der Waals surface area contributed by atoms with Gasteiger partial charge in [-0.05, 0) is 31.0 Å². The summed E-state index contributed by atoms with van der Waals surface area (Å²) in [4.78, 5) is 23.4. The Kier molecular flexibility index (Phi) is 4.79. The van der Waals surface area contributed by atoms with Gasteiger partial charge in [0.1, 0.15) is 12.4 Å². The second kappa shape index (κ2) is 7.17. The van der Waals surface area contributed by atoms with Gasteiger partial charge in [-0.3, -0.25) is 9.59 Å². The first kappa shape index (κ1) is 16.1. The number of nitrogens with one attached hydrogen (secondary N) is 1. The van der Waals surface area contributed by atoms with Gasteiger partial charge in [-0.15, -0.1) is 0 Å². The molecule has 0 aliphatic heterocycles. The third-order valence-corrected chi connectivity index (χ3v) is 4.34. The molecule has 0 heterocycles. The van der Waals surface area contributed by atoms with Crippen LogP contribution in [0.2, 0.25) is 0 Å². The number of hydrogen-bond donors (Lipinski definition) is 2. The molecule has 124 valence electrons. The molecule has 24 heavy (non-hydrogen) atoms. The van der Waals surface area contributed by atoms with E-state index in [2.05, 4.69) is 5.32 Å². The number of benzene rings is 2. The summed E-state index contributed by atoms with van der Waals surface area (Å²) >= 11 is 0. The highest BCUT2D eigenvalue weighted by atomic mass is 16.5. The molecule has 1 saturated carbocycles. The minimum Gasteiger partial charge on any atom is -0.489 e. The number of carboxylic acid groups (broad SMARTS) is 1. The highest BCUT2D eigenvalue weighted by molar-refractivity contribution is 5.96. The van der Waals surface area contributed by atoms with Gasteiger partial charge in [0, 0.05) is 11.3 Å². The van der Waals surface area contributed by atoms with Crippen molar-refractivity contribution < 1.29 is 19.4 Å². The maximum atomic E-state index is 12.3. The zero-order chi connectivity index (χ0) is 16.9. The van der Waals surface area contributed by atoms with Gasteiger partial charge >= 0.3 is 5.97 Å². The molecule has 1 fully saturated rings. The summed E-state index contributed by atoms with van der Waals surface area (Å²) < 4.78 is 5.73. The fourth-order valence-electron chi connectivity index (χ4n) is 2.78. The van der Waals surface area contributed by atoms with Gasteiger partial charge < -0.3 is 15.2 Å². The molecule has 0 radical (unpaired) electrons. The van der Waals surface area contributed by atoms with Gasteiger partial charge in [0.15, 0.2) is 0 Å². The van der Waals surface area contributed by atoms with Crippen LogP contribution >= 0.6 is 0 Å². The van der Waals surface area contributed by atoms with Crippen LogP contribution in [0.15, 0.2) is 54.6 Å². The molecule has 1 amide bonds. The number of anilines is 1. The number of carbonyl (C=O) groups excluding carboxylic acids is 1. The van der Waals surface area contributed by atoms with Crippen LogP contribution in [0.1, 0.15) is 18.4 Å². The van der Waals surface area contributed by atoms with Gasteiger partial charge in [-0.1, -0.05) is 36.4 Å². The van der Waals surface area contributed by atoms with E-state index in [0.717, 1.165) is 11.3 Å². The quantitative estimate of drug-likeness (QED) is 0.854. The standard InChI is InChI=1S/C19H19NO4/c21-18(15-10-11-16(15)19(22)23)20-17-9-5-4-6-13(17)12-24-14-7-2-1-3-8-14/h1-9,15-16H,10-12H2,(H,20,21)(H,22,23). The average Bonchev–Trinajstić information content (AvgIpc) is 2.53. The third-order valence-electron chi connectivity index (χ3n) is 4.34. The third kappa shape index (κ3) is 3.56. The number of ether oxygens (including phenoxy) is 1. The molecular weight excluding hydrogens is 306 g/mol. The van der Waals surface area contributed by atoms with Crippen LogP contribution in [0, 0.1) is 11.8 Å². The number of hydrogen-bond acceptors (Lipinski definition) is 3. The van der Waals surface area contributed by atoms with Crippen LogP contribution in [0.5, 0.6) is 5.75 Å². The van der Waals surface area contributed by atoms with Crippen LogP contribution in [-0.2, 0) is 16.2 Å². The minimum atomic E-state index is -0.901. The van der Waals surface area contributed by atoms with E-state index in [4.69, 9.17) is 9.84 Å². The smallest absolute Gasteiger partial charge is 0.307 e. The van der Waals surface area contributed by atoms with Crippen LogP contribution in [0.4, 0.5) is 5.69 Å². The predicted molar refractivity (Wildman–Crippen MR) is 89.7 cm³/mol. The lowest BCUT2D eigenvalue weighted by molar-refractivity contribution is -0.151. The Balaban J connectivity index is 1.66. The van der Waals surface area contributed by atoms with E-state index < -0.39 is 17.8 Å². The first-order chi connectivity index (χ1) is 11.6. The Labute approximate surface area is 140 Å². The lowest BCUT2D eigenvalue weighted by Gasteiger charge is -2.32. The van der Waals surface area contributed by atoms with Gasteiger partial charge in [0.25, 0.3) is 0 Å². The summed E-state index contributed by atoms with van der Waals surface area (Å²) in [6.07, 6.45) is 1.18. The van der Waals surface area contributed by atoms with Crippen LogP contribution < -0.4 is 10.1 Å². The molecule has 1 aliphatic rings. The van der Waals surface area contributed by atoms with E-state index in [1.165, 1.54) is 0 Å². The number of amides is 1. The molecule has 2 aromatic rings. The van der Waals surface area contributed by atoms with Crippen molar-refractivity contribution in [1.82, 2.24) is 0 Å². The van der Waals surface area contributed by atoms with E-state index in [1.54, 1.807) is 6.07 Å². The molecule has 5 heteroatoms. The Hall–Kier alpha value is -2.82. The Morgan fingerprint density at radius 2 is 1.67 bits per heavy atom. The van der Waals surface area contributed by atoms with E-state index in [1.807, 2.05) is 48.5 Å². The van der Waals surface area contributed by atoms with E-state index >= 15 is 0 Å². The summed E-state index contributed by atoms with van der Waals surface area (Å²) in [6.45, 7) is 0.327. The van der Waals surface area contributed by atoms with Crippen molar-refractivity contribution in [3.8, 4) is 5.75 Å². The average molecular weight is 325 g/mol. The van der Waals surface area contributed by atoms with E-state index in [0.29, 0.717) is 25.1 Å². The largest absolute Gasteiger partial charge is 0.489 e. The molecule has 3 rings (SSSR count).